The quantitative estimate of drug-likeness (QED) is 0.811. The van der Waals surface area contributed by atoms with Crippen LogP contribution >= 0.6 is 0 Å². The predicted octanol–water partition coefficient (Wildman–Crippen LogP) is 2.25. The first-order valence-corrected chi connectivity index (χ1v) is 4.77. The van der Waals surface area contributed by atoms with E-state index in [4.69, 9.17) is 5.73 Å². The minimum Gasteiger partial charge on any atom is -0.368 e. The molecule has 1 aromatic carbocycles. The summed E-state index contributed by atoms with van der Waals surface area (Å²) < 4.78 is 13.4. The topological polar surface area (TPSA) is 63.8 Å². The van der Waals surface area contributed by atoms with E-state index in [1.165, 1.54) is 12.3 Å². The van der Waals surface area contributed by atoms with E-state index in [2.05, 4.69) is 15.3 Å². The molecule has 4 nitrogen and oxygen atoms in total. The van der Waals surface area contributed by atoms with Gasteiger partial charge in [0, 0.05) is 6.20 Å². The standard InChI is InChI=1S/C11H11FN4/c1-7-2-3-8(12)9(6-7)15-10-4-5-14-11(13)16-10/h2-6H,1H3,(H3,13,14,15,16). The molecular formula is C11H11FN4. The van der Waals surface area contributed by atoms with E-state index in [9.17, 15) is 4.39 Å². The van der Waals surface area contributed by atoms with E-state index in [1.54, 1.807) is 18.2 Å². The Balaban J connectivity index is 2.30. The first kappa shape index (κ1) is 10.4. The summed E-state index contributed by atoms with van der Waals surface area (Å²) in [7, 11) is 0. The minimum atomic E-state index is -0.331. The number of nitrogens with zero attached hydrogens (tertiary/aromatic N) is 2. The van der Waals surface area contributed by atoms with E-state index < -0.39 is 0 Å². The van der Waals surface area contributed by atoms with Gasteiger partial charge in [-0.1, -0.05) is 6.07 Å². The van der Waals surface area contributed by atoms with Crippen molar-refractivity contribution in [3.05, 3.63) is 41.8 Å². The average molecular weight is 218 g/mol. The van der Waals surface area contributed by atoms with Crippen molar-refractivity contribution in [3.63, 3.8) is 0 Å². The van der Waals surface area contributed by atoms with E-state index >= 15 is 0 Å². The fourth-order valence-electron chi connectivity index (χ4n) is 1.32. The number of rotatable bonds is 2. The summed E-state index contributed by atoms with van der Waals surface area (Å²) >= 11 is 0. The van der Waals surface area contributed by atoms with Crippen LogP contribution in [-0.2, 0) is 0 Å². The summed E-state index contributed by atoms with van der Waals surface area (Å²) in [6, 6.07) is 6.43. The third-order valence-corrected chi connectivity index (χ3v) is 2.06. The molecule has 0 unspecified atom stereocenters. The molecule has 0 bridgehead atoms. The van der Waals surface area contributed by atoms with Crippen molar-refractivity contribution in [2.45, 2.75) is 6.92 Å². The Bertz CT molecular complexity index is 513. The predicted molar refractivity (Wildman–Crippen MR) is 60.9 cm³/mol. The summed E-state index contributed by atoms with van der Waals surface area (Å²) in [5, 5.41) is 2.85. The Morgan fingerprint density at radius 3 is 2.88 bits per heavy atom. The zero-order valence-corrected chi connectivity index (χ0v) is 8.74. The highest BCUT2D eigenvalue weighted by molar-refractivity contribution is 5.58. The lowest BCUT2D eigenvalue weighted by atomic mass is 10.2. The lowest BCUT2D eigenvalue weighted by Crippen LogP contribution is -2.00. The van der Waals surface area contributed by atoms with Crippen LogP contribution in [0.25, 0.3) is 0 Å². The Morgan fingerprint density at radius 2 is 2.12 bits per heavy atom. The average Bonchev–Trinajstić information content (AvgIpc) is 2.24. The normalized spacial score (nSPS) is 10.1. The number of hydrogen-bond donors (Lipinski definition) is 2. The van der Waals surface area contributed by atoms with Crippen LogP contribution in [0.4, 0.5) is 21.8 Å². The largest absolute Gasteiger partial charge is 0.368 e. The van der Waals surface area contributed by atoms with Crippen LogP contribution in [-0.4, -0.2) is 9.97 Å². The van der Waals surface area contributed by atoms with Crippen LogP contribution in [0, 0.1) is 12.7 Å². The third-order valence-electron chi connectivity index (χ3n) is 2.06. The summed E-state index contributed by atoms with van der Waals surface area (Å²) in [5.74, 6) is 0.290. The molecule has 3 N–H and O–H groups in total. The Kier molecular flexibility index (Phi) is 2.68. The molecule has 0 fully saturated rings. The van der Waals surface area contributed by atoms with Gasteiger partial charge in [-0.2, -0.15) is 4.98 Å². The van der Waals surface area contributed by atoms with Crippen molar-refractivity contribution in [1.82, 2.24) is 9.97 Å². The van der Waals surface area contributed by atoms with Crippen LogP contribution in [0.3, 0.4) is 0 Å². The molecule has 82 valence electrons. The highest BCUT2D eigenvalue weighted by atomic mass is 19.1. The first-order chi connectivity index (χ1) is 7.65. The molecule has 2 aromatic rings. The number of aromatic nitrogens is 2. The molecule has 0 saturated carbocycles. The van der Waals surface area contributed by atoms with Gasteiger partial charge in [0.1, 0.15) is 11.6 Å². The fraction of sp³-hybridized carbons (Fsp3) is 0.0909. The van der Waals surface area contributed by atoms with Crippen LogP contribution < -0.4 is 11.1 Å². The Morgan fingerprint density at radius 1 is 1.31 bits per heavy atom. The van der Waals surface area contributed by atoms with E-state index in [0.717, 1.165) is 5.56 Å². The highest BCUT2D eigenvalue weighted by Crippen LogP contribution is 2.19. The van der Waals surface area contributed by atoms with E-state index in [0.29, 0.717) is 11.5 Å². The summed E-state index contributed by atoms with van der Waals surface area (Å²) in [4.78, 5) is 7.68. The van der Waals surface area contributed by atoms with Gasteiger partial charge in [-0.05, 0) is 30.7 Å². The van der Waals surface area contributed by atoms with Gasteiger partial charge in [0.2, 0.25) is 5.95 Å². The smallest absolute Gasteiger partial charge is 0.221 e. The lowest BCUT2D eigenvalue weighted by Gasteiger charge is -2.07. The van der Waals surface area contributed by atoms with Gasteiger partial charge in [0.15, 0.2) is 0 Å². The molecular weight excluding hydrogens is 207 g/mol. The van der Waals surface area contributed by atoms with Gasteiger partial charge >= 0.3 is 0 Å². The second-order valence-corrected chi connectivity index (χ2v) is 3.41. The van der Waals surface area contributed by atoms with Crippen LogP contribution in [0.1, 0.15) is 5.56 Å². The highest BCUT2D eigenvalue weighted by Gasteiger charge is 2.03. The van der Waals surface area contributed by atoms with Gasteiger partial charge in [0.05, 0.1) is 5.69 Å². The summed E-state index contributed by atoms with van der Waals surface area (Å²) in [6.07, 6.45) is 1.51. The van der Waals surface area contributed by atoms with Crippen molar-refractivity contribution in [1.29, 1.82) is 0 Å². The molecule has 0 aliphatic rings. The van der Waals surface area contributed by atoms with Crippen molar-refractivity contribution < 1.29 is 4.39 Å². The van der Waals surface area contributed by atoms with Crippen molar-refractivity contribution in [2.75, 3.05) is 11.1 Å². The molecule has 1 heterocycles. The molecule has 1 aromatic heterocycles. The molecule has 5 heteroatoms. The molecule has 2 rings (SSSR count). The number of anilines is 3. The number of aryl methyl sites for hydroxylation is 1. The van der Waals surface area contributed by atoms with Gasteiger partial charge in [0.25, 0.3) is 0 Å². The summed E-state index contributed by atoms with van der Waals surface area (Å²) in [5.41, 5.74) is 6.76. The summed E-state index contributed by atoms with van der Waals surface area (Å²) in [6.45, 7) is 1.89. The SMILES string of the molecule is Cc1ccc(F)c(Nc2ccnc(N)n2)c1. The molecule has 0 aliphatic carbocycles. The number of halogens is 1. The number of hydrogen-bond acceptors (Lipinski definition) is 4. The molecule has 0 amide bonds. The number of benzene rings is 1. The third kappa shape index (κ3) is 2.25. The Hall–Kier alpha value is -2.17. The fourth-order valence-corrected chi connectivity index (χ4v) is 1.32. The van der Waals surface area contributed by atoms with Crippen LogP contribution in [0.2, 0.25) is 0 Å². The second kappa shape index (κ2) is 4.14. The number of nitrogens with two attached hydrogens (primary N) is 1. The first-order valence-electron chi connectivity index (χ1n) is 4.77. The Labute approximate surface area is 92.3 Å². The molecule has 0 radical (unpaired) electrons. The van der Waals surface area contributed by atoms with Gasteiger partial charge in [-0.25, -0.2) is 9.37 Å². The molecule has 16 heavy (non-hydrogen) atoms. The van der Waals surface area contributed by atoms with Gasteiger partial charge < -0.3 is 11.1 Å². The molecule has 0 atom stereocenters. The maximum Gasteiger partial charge on any atom is 0.221 e. The minimum absolute atomic E-state index is 0.151. The van der Waals surface area contributed by atoms with E-state index in [-0.39, 0.29) is 11.8 Å². The van der Waals surface area contributed by atoms with Crippen molar-refractivity contribution >= 4 is 17.5 Å². The maximum atomic E-state index is 13.4. The second-order valence-electron chi connectivity index (χ2n) is 3.41. The monoisotopic (exact) mass is 218 g/mol. The maximum absolute atomic E-state index is 13.4. The van der Waals surface area contributed by atoms with Crippen molar-refractivity contribution in [2.24, 2.45) is 0 Å². The number of nitrogen functional groups attached to an aromatic ring is 1. The lowest BCUT2D eigenvalue weighted by molar-refractivity contribution is 0.631. The van der Waals surface area contributed by atoms with E-state index in [1.807, 2.05) is 6.92 Å². The molecule has 0 saturated heterocycles. The number of nitrogens with one attached hydrogen (secondary N) is 1. The van der Waals surface area contributed by atoms with Gasteiger partial charge in [-0.3, -0.25) is 0 Å². The zero-order chi connectivity index (χ0) is 11.5. The zero-order valence-electron chi connectivity index (χ0n) is 8.74. The molecule has 0 spiro atoms. The molecule has 0 aliphatic heterocycles. The van der Waals surface area contributed by atoms with Crippen LogP contribution in [0.5, 0.6) is 0 Å². The van der Waals surface area contributed by atoms with Crippen molar-refractivity contribution in [3.8, 4) is 0 Å². The van der Waals surface area contributed by atoms with Crippen LogP contribution in [0.15, 0.2) is 30.5 Å². The van der Waals surface area contributed by atoms with Gasteiger partial charge in [-0.15, -0.1) is 0 Å².